The van der Waals surface area contributed by atoms with Gasteiger partial charge in [-0.05, 0) is 30.3 Å². The smallest absolute Gasteiger partial charge is 0.384 e. The lowest BCUT2D eigenvalue weighted by molar-refractivity contribution is -0.137. The van der Waals surface area contributed by atoms with E-state index in [1.807, 2.05) is 30.3 Å². The summed E-state index contributed by atoms with van der Waals surface area (Å²) in [6, 6.07) is 12.6. The van der Waals surface area contributed by atoms with Gasteiger partial charge in [0, 0.05) is 22.9 Å². The molecule has 2 N–H and O–H groups in total. The third-order valence-electron chi connectivity index (χ3n) is 2.93. The molecule has 2 rings (SSSR count). The summed E-state index contributed by atoms with van der Waals surface area (Å²) >= 11 is -0.918. The van der Waals surface area contributed by atoms with Gasteiger partial charge in [0.25, 0.3) is 0 Å². The van der Waals surface area contributed by atoms with E-state index in [1.54, 1.807) is 0 Å². The van der Waals surface area contributed by atoms with Crippen LogP contribution in [0.25, 0.3) is 0 Å². The van der Waals surface area contributed by atoms with Crippen molar-refractivity contribution in [1.29, 1.82) is 0 Å². The number of halogens is 3. The minimum Gasteiger partial charge on any atom is -0.384 e. The Bertz CT molecular complexity index is 678. The van der Waals surface area contributed by atoms with Crippen molar-refractivity contribution >= 4 is 28.5 Å². The molecule has 0 aromatic heterocycles. The third-order valence-corrected chi connectivity index (χ3v) is 4.60. The highest BCUT2D eigenvalue weighted by Gasteiger charge is 2.34. The predicted octanol–water partition coefficient (Wildman–Crippen LogP) is 4.49. The molecule has 0 aliphatic carbocycles. The fourth-order valence-corrected chi connectivity index (χ4v) is 3.08. The molecule has 8 heteroatoms. The number of hydrogen-bond donors (Lipinski definition) is 2. The van der Waals surface area contributed by atoms with Crippen LogP contribution in [0.3, 0.4) is 0 Å². The van der Waals surface area contributed by atoms with Gasteiger partial charge < -0.3 is 9.87 Å². The van der Waals surface area contributed by atoms with Gasteiger partial charge in [0.05, 0.1) is 10.5 Å². The van der Waals surface area contributed by atoms with Crippen molar-refractivity contribution in [1.82, 2.24) is 0 Å². The number of thioether (sulfide) groups is 1. The van der Waals surface area contributed by atoms with Crippen molar-refractivity contribution in [2.24, 2.45) is 0 Å². The highest BCUT2D eigenvalue weighted by atomic mass is 32.2. The Balaban J connectivity index is 2.03. The maximum Gasteiger partial charge on any atom is 0.418 e. The molecule has 0 bridgehead atoms. The lowest BCUT2D eigenvalue weighted by Crippen LogP contribution is -2.13. The summed E-state index contributed by atoms with van der Waals surface area (Å²) < 4.78 is 59.0. The van der Waals surface area contributed by atoms with Crippen molar-refractivity contribution in [2.45, 2.75) is 16.0 Å². The molecule has 1 atom stereocenters. The van der Waals surface area contributed by atoms with Crippen molar-refractivity contribution in [3.63, 3.8) is 0 Å². The molecule has 0 amide bonds. The lowest BCUT2D eigenvalue weighted by atomic mass is 10.1. The van der Waals surface area contributed by atoms with Crippen molar-refractivity contribution in [3.8, 4) is 0 Å². The van der Waals surface area contributed by atoms with Gasteiger partial charge in [0.15, 0.2) is 11.1 Å². The quantitative estimate of drug-likeness (QED) is 0.452. The molecule has 0 saturated heterocycles. The van der Waals surface area contributed by atoms with E-state index >= 15 is 0 Å². The molecule has 0 saturated carbocycles. The maximum atomic E-state index is 13.0. The van der Waals surface area contributed by atoms with Crippen LogP contribution in [-0.2, 0) is 17.3 Å². The second-order valence-electron chi connectivity index (χ2n) is 4.54. The zero-order valence-corrected chi connectivity index (χ0v) is 13.5. The molecule has 0 aliphatic heterocycles. The Hall–Kier alpha value is -1.51. The molecule has 0 radical (unpaired) electrons. The van der Waals surface area contributed by atoms with E-state index in [2.05, 4.69) is 5.32 Å². The Morgan fingerprint density at radius 3 is 2.43 bits per heavy atom. The first kappa shape index (κ1) is 17.8. The topological polar surface area (TPSA) is 49.3 Å². The van der Waals surface area contributed by atoms with Gasteiger partial charge in [-0.2, -0.15) is 13.2 Å². The zero-order chi connectivity index (χ0) is 16.9. The minimum atomic E-state index is -4.59. The molecule has 0 aliphatic rings. The molecule has 2 aromatic rings. The molecule has 0 heterocycles. The van der Waals surface area contributed by atoms with Crippen LogP contribution in [0.1, 0.15) is 5.56 Å². The number of rotatable bonds is 6. The number of benzene rings is 2. The highest BCUT2D eigenvalue weighted by Crippen LogP contribution is 2.36. The summed E-state index contributed by atoms with van der Waals surface area (Å²) in [5, 5.41) is 2.73. The highest BCUT2D eigenvalue weighted by molar-refractivity contribution is 7.99. The first-order valence-electron chi connectivity index (χ1n) is 6.62. The molecule has 23 heavy (non-hydrogen) atoms. The number of nitrogens with one attached hydrogen (secondary N) is 1. The van der Waals surface area contributed by atoms with Crippen LogP contribution < -0.4 is 5.32 Å². The summed E-state index contributed by atoms with van der Waals surface area (Å²) in [6.45, 7) is 0.338. The summed E-state index contributed by atoms with van der Waals surface area (Å²) in [5.74, 6) is 0.592. The van der Waals surface area contributed by atoms with E-state index in [1.165, 1.54) is 23.9 Å². The summed E-state index contributed by atoms with van der Waals surface area (Å²) in [4.78, 5) is 0.762. The van der Waals surface area contributed by atoms with Crippen LogP contribution in [-0.4, -0.2) is 21.1 Å². The summed E-state index contributed by atoms with van der Waals surface area (Å²) in [5.41, 5.74) is -1.04. The molecular weight excluding hydrogens is 347 g/mol. The Kier molecular flexibility index (Phi) is 6.09. The Labute approximate surface area is 138 Å². The standard InChI is InChI=1S/C15H14F3NO2S2/c16-15(17,18)13-10-12(23(20)21)6-7-14(13)19-8-9-22-11-4-2-1-3-5-11/h1-7,10,19H,8-9H2,(H,20,21). The van der Waals surface area contributed by atoms with Gasteiger partial charge in [-0.15, -0.1) is 11.8 Å². The average Bonchev–Trinajstić information content (AvgIpc) is 2.51. The third kappa shape index (κ3) is 5.26. The first-order chi connectivity index (χ1) is 10.9. The lowest BCUT2D eigenvalue weighted by Gasteiger charge is -2.15. The van der Waals surface area contributed by atoms with E-state index < -0.39 is 22.8 Å². The minimum absolute atomic E-state index is 0.0969. The Morgan fingerprint density at radius 2 is 1.83 bits per heavy atom. The predicted molar refractivity (Wildman–Crippen MR) is 86.1 cm³/mol. The number of hydrogen-bond acceptors (Lipinski definition) is 3. The molecule has 0 fully saturated rings. The van der Waals surface area contributed by atoms with Crippen LogP contribution in [0, 0.1) is 0 Å². The molecule has 1 unspecified atom stereocenters. The fourth-order valence-electron chi connectivity index (χ4n) is 1.89. The van der Waals surface area contributed by atoms with Crippen LogP contribution in [0.5, 0.6) is 0 Å². The van der Waals surface area contributed by atoms with Gasteiger partial charge in [0.2, 0.25) is 0 Å². The second kappa shape index (κ2) is 7.85. The maximum absolute atomic E-state index is 13.0. The number of anilines is 1. The second-order valence-corrected chi connectivity index (χ2v) is 6.68. The van der Waals surface area contributed by atoms with Crippen molar-refractivity contribution in [2.75, 3.05) is 17.6 Å². The van der Waals surface area contributed by atoms with Crippen molar-refractivity contribution < 1.29 is 21.9 Å². The van der Waals surface area contributed by atoms with Crippen LogP contribution in [0.2, 0.25) is 0 Å². The van der Waals surface area contributed by atoms with E-state index in [0.717, 1.165) is 4.90 Å². The van der Waals surface area contributed by atoms with E-state index in [9.17, 15) is 17.4 Å². The van der Waals surface area contributed by atoms with Gasteiger partial charge in [-0.3, -0.25) is 0 Å². The monoisotopic (exact) mass is 361 g/mol. The van der Waals surface area contributed by atoms with Crippen molar-refractivity contribution in [3.05, 3.63) is 54.1 Å². The van der Waals surface area contributed by atoms with E-state index in [4.69, 9.17) is 4.55 Å². The summed E-state index contributed by atoms with van der Waals surface area (Å²) in [6.07, 6.45) is -4.59. The SMILES string of the molecule is O=S(O)c1ccc(NCCSc2ccccc2)c(C(F)(F)F)c1. The van der Waals surface area contributed by atoms with Crippen LogP contribution >= 0.6 is 11.8 Å². The van der Waals surface area contributed by atoms with Gasteiger partial charge in [0.1, 0.15) is 0 Å². The molecule has 2 aromatic carbocycles. The van der Waals surface area contributed by atoms with Crippen LogP contribution in [0.15, 0.2) is 58.3 Å². The van der Waals surface area contributed by atoms with E-state index in [0.29, 0.717) is 18.4 Å². The average molecular weight is 361 g/mol. The molecule has 3 nitrogen and oxygen atoms in total. The normalized spacial score (nSPS) is 12.9. The Morgan fingerprint density at radius 1 is 1.13 bits per heavy atom. The van der Waals surface area contributed by atoms with Gasteiger partial charge in [-0.25, -0.2) is 4.21 Å². The molecule has 124 valence electrons. The zero-order valence-electron chi connectivity index (χ0n) is 11.8. The van der Waals surface area contributed by atoms with E-state index in [-0.39, 0.29) is 10.6 Å². The number of alkyl halides is 3. The van der Waals surface area contributed by atoms with Gasteiger partial charge >= 0.3 is 6.18 Å². The molecular formula is C15H14F3NO2S2. The summed E-state index contributed by atoms with van der Waals surface area (Å²) in [7, 11) is 0. The largest absolute Gasteiger partial charge is 0.418 e. The molecule has 0 spiro atoms. The van der Waals surface area contributed by atoms with Gasteiger partial charge in [-0.1, -0.05) is 18.2 Å². The fraction of sp³-hybridized carbons (Fsp3) is 0.200. The first-order valence-corrected chi connectivity index (χ1v) is 8.71. The van der Waals surface area contributed by atoms with Crippen LogP contribution in [0.4, 0.5) is 18.9 Å².